The van der Waals surface area contributed by atoms with Gasteiger partial charge in [0.05, 0.1) is 5.54 Å². The van der Waals surface area contributed by atoms with Crippen molar-refractivity contribution in [3.8, 4) is 0 Å². The molecule has 3 nitrogen and oxygen atoms in total. The van der Waals surface area contributed by atoms with Gasteiger partial charge in [0.15, 0.2) is 0 Å². The van der Waals surface area contributed by atoms with Gasteiger partial charge in [0.1, 0.15) is 0 Å². The number of nitrogens with zero attached hydrogens (tertiary/aromatic N) is 1. The van der Waals surface area contributed by atoms with Crippen molar-refractivity contribution < 1.29 is 4.79 Å². The first-order valence-electron chi connectivity index (χ1n) is 7.69. The third kappa shape index (κ3) is 3.30. The average Bonchev–Trinajstić information content (AvgIpc) is 2.46. The lowest BCUT2D eigenvalue weighted by molar-refractivity contribution is -0.137. The normalized spacial score (nSPS) is 34.3. The second-order valence-electron chi connectivity index (χ2n) is 8.31. The molecule has 0 radical (unpaired) electrons. The summed E-state index contributed by atoms with van der Waals surface area (Å²) in [5.74, 6) is 0.167. The van der Waals surface area contributed by atoms with Gasteiger partial charge in [-0.25, -0.2) is 0 Å². The maximum atomic E-state index is 12.8. The summed E-state index contributed by atoms with van der Waals surface area (Å²) in [5, 5.41) is 0. The molecule has 3 unspecified atom stereocenters. The smallest absolute Gasteiger partial charge is 0.242 e. The molecule has 2 N–H and O–H groups in total. The molecule has 2 bridgehead atoms. The maximum Gasteiger partial charge on any atom is 0.242 e. The van der Waals surface area contributed by atoms with Crippen molar-refractivity contribution in [3.63, 3.8) is 0 Å². The molecule has 1 amide bonds. The zero-order valence-corrected chi connectivity index (χ0v) is 14.5. The van der Waals surface area contributed by atoms with Crippen LogP contribution < -0.4 is 5.73 Å². The Kier molecular flexibility index (Phi) is 4.88. The molecule has 0 aromatic rings. The SMILES string of the molecule is CCCC(C)(N)C(=O)N1CC2(C)CC1CC(C)(C)C2.Cl. The highest BCUT2D eigenvalue weighted by atomic mass is 35.5. The van der Waals surface area contributed by atoms with Crippen LogP contribution >= 0.6 is 12.4 Å². The molecular weight excluding hydrogens is 272 g/mol. The highest BCUT2D eigenvalue weighted by molar-refractivity contribution is 5.86. The average molecular weight is 303 g/mol. The second-order valence-corrected chi connectivity index (χ2v) is 8.31. The van der Waals surface area contributed by atoms with E-state index in [-0.39, 0.29) is 18.3 Å². The van der Waals surface area contributed by atoms with Gasteiger partial charge in [-0.3, -0.25) is 4.79 Å². The number of fused-ring (bicyclic) bond motifs is 2. The molecule has 4 heteroatoms. The van der Waals surface area contributed by atoms with Gasteiger partial charge in [-0.1, -0.05) is 34.1 Å². The van der Waals surface area contributed by atoms with Crippen LogP contribution in [0.25, 0.3) is 0 Å². The lowest BCUT2D eigenvalue weighted by Gasteiger charge is -2.40. The van der Waals surface area contributed by atoms with Crippen LogP contribution in [-0.2, 0) is 4.79 Å². The van der Waals surface area contributed by atoms with Crippen LogP contribution in [0.1, 0.15) is 66.7 Å². The van der Waals surface area contributed by atoms with Crippen molar-refractivity contribution in [1.82, 2.24) is 4.90 Å². The van der Waals surface area contributed by atoms with Gasteiger partial charge in [0.2, 0.25) is 5.91 Å². The Morgan fingerprint density at radius 3 is 2.50 bits per heavy atom. The minimum absolute atomic E-state index is 0. The quantitative estimate of drug-likeness (QED) is 0.869. The van der Waals surface area contributed by atoms with Crippen molar-refractivity contribution in [3.05, 3.63) is 0 Å². The fourth-order valence-electron chi connectivity index (χ4n) is 4.65. The van der Waals surface area contributed by atoms with Gasteiger partial charge >= 0.3 is 0 Å². The molecule has 2 rings (SSSR count). The van der Waals surface area contributed by atoms with Gasteiger partial charge in [0, 0.05) is 12.6 Å². The summed E-state index contributed by atoms with van der Waals surface area (Å²) in [6.07, 6.45) is 5.23. The summed E-state index contributed by atoms with van der Waals surface area (Å²) < 4.78 is 0. The Bertz CT molecular complexity index is 381. The lowest BCUT2D eigenvalue weighted by atomic mass is 9.65. The van der Waals surface area contributed by atoms with Crippen LogP contribution in [0.4, 0.5) is 0 Å². The summed E-state index contributed by atoms with van der Waals surface area (Å²) in [6, 6.07) is 0.404. The van der Waals surface area contributed by atoms with Crippen LogP contribution in [-0.4, -0.2) is 28.9 Å². The molecule has 0 aromatic heterocycles. The molecule has 2 fully saturated rings. The number of rotatable bonds is 3. The molecule has 1 aliphatic heterocycles. The van der Waals surface area contributed by atoms with E-state index in [0.29, 0.717) is 16.9 Å². The summed E-state index contributed by atoms with van der Waals surface area (Å²) >= 11 is 0. The Labute approximate surface area is 130 Å². The standard InChI is InChI=1S/C16H30N2O.ClH/c1-6-7-16(5,17)13(19)18-11-15(4)9-12(18)8-14(2,3)10-15;/h12H,6-11,17H2,1-5H3;1H. The summed E-state index contributed by atoms with van der Waals surface area (Å²) in [7, 11) is 0. The predicted octanol–water partition coefficient (Wildman–Crippen LogP) is 3.35. The number of likely N-dealkylation sites (tertiary alicyclic amines) is 1. The van der Waals surface area contributed by atoms with E-state index in [1.165, 1.54) is 6.42 Å². The van der Waals surface area contributed by atoms with E-state index in [0.717, 1.165) is 32.2 Å². The lowest BCUT2D eigenvalue weighted by Crippen LogP contribution is -2.54. The molecule has 1 aliphatic carbocycles. The van der Waals surface area contributed by atoms with E-state index < -0.39 is 5.54 Å². The van der Waals surface area contributed by atoms with E-state index >= 15 is 0 Å². The summed E-state index contributed by atoms with van der Waals surface area (Å²) in [5.41, 5.74) is 6.21. The van der Waals surface area contributed by atoms with Crippen LogP contribution in [0.15, 0.2) is 0 Å². The highest BCUT2D eigenvalue weighted by Crippen LogP contribution is 2.52. The molecule has 2 aliphatic rings. The number of amides is 1. The van der Waals surface area contributed by atoms with Crippen molar-refractivity contribution in [2.75, 3.05) is 6.54 Å². The van der Waals surface area contributed by atoms with Crippen LogP contribution in [0.3, 0.4) is 0 Å². The number of carbonyl (C=O) groups is 1. The zero-order chi connectivity index (χ0) is 14.5. The summed E-state index contributed by atoms with van der Waals surface area (Å²) in [6.45, 7) is 11.9. The zero-order valence-electron chi connectivity index (χ0n) is 13.7. The molecular formula is C16H31ClN2O. The molecule has 1 saturated heterocycles. The van der Waals surface area contributed by atoms with Crippen LogP contribution in [0.5, 0.6) is 0 Å². The molecule has 1 saturated carbocycles. The van der Waals surface area contributed by atoms with Crippen molar-refractivity contribution in [1.29, 1.82) is 0 Å². The fourth-order valence-corrected chi connectivity index (χ4v) is 4.65. The third-order valence-corrected chi connectivity index (χ3v) is 4.93. The Morgan fingerprint density at radius 2 is 1.95 bits per heavy atom. The first-order valence-corrected chi connectivity index (χ1v) is 7.69. The van der Waals surface area contributed by atoms with Gasteiger partial charge in [0.25, 0.3) is 0 Å². The van der Waals surface area contributed by atoms with Gasteiger partial charge < -0.3 is 10.6 Å². The minimum atomic E-state index is -0.688. The van der Waals surface area contributed by atoms with Crippen LogP contribution in [0.2, 0.25) is 0 Å². The van der Waals surface area contributed by atoms with E-state index in [9.17, 15) is 4.79 Å². The molecule has 118 valence electrons. The van der Waals surface area contributed by atoms with Crippen molar-refractivity contribution >= 4 is 18.3 Å². The van der Waals surface area contributed by atoms with E-state index in [4.69, 9.17) is 5.73 Å². The molecule has 1 heterocycles. The van der Waals surface area contributed by atoms with Gasteiger partial charge in [-0.05, 0) is 43.4 Å². The highest BCUT2D eigenvalue weighted by Gasteiger charge is 2.52. The molecule has 0 aromatic carbocycles. The topological polar surface area (TPSA) is 46.3 Å². The van der Waals surface area contributed by atoms with Gasteiger partial charge in [-0.15, -0.1) is 12.4 Å². The van der Waals surface area contributed by atoms with Crippen molar-refractivity contribution in [2.45, 2.75) is 78.3 Å². The number of hydrogen-bond acceptors (Lipinski definition) is 2. The molecule has 0 spiro atoms. The monoisotopic (exact) mass is 302 g/mol. The van der Waals surface area contributed by atoms with Crippen molar-refractivity contribution in [2.24, 2.45) is 16.6 Å². The number of carbonyl (C=O) groups excluding carboxylic acids is 1. The first-order chi connectivity index (χ1) is 8.59. The number of hydrogen-bond donors (Lipinski definition) is 1. The fraction of sp³-hybridized carbons (Fsp3) is 0.938. The first kappa shape index (κ1) is 17.8. The summed E-state index contributed by atoms with van der Waals surface area (Å²) in [4.78, 5) is 14.9. The Balaban J connectivity index is 0.00000200. The Morgan fingerprint density at radius 1 is 1.35 bits per heavy atom. The second kappa shape index (κ2) is 5.49. The minimum Gasteiger partial charge on any atom is -0.338 e. The van der Waals surface area contributed by atoms with E-state index in [1.807, 2.05) is 6.92 Å². The van der Waals surface area contributed by atoms with Crippen LogP contribution in [0, 0.1) is 10.8 Å². The Hall–Kier alpha value is -0.280. The van der Waals surface area contributed by atoms with Gasteiger partial charge in [-0.2, -0.15) is 0 Å². The largest absolute Gasteiger partial charge is 0.338 e. The maximum absolute atomic E-state index is 12.8. The number of nitrogens with two attached hydrogens (primary N) is 1. The third-order valence-electron chi connectivity index (χ3n) is 4.93. The van der Waals surface area contributed by atoms with E-state index in [2.05, 4.69) is 32.6 Å². The predicted molar refractivity (Wildman–Crippen MR) is 86.0 cm³/mol. The molecule has 20 heavy (non-hydrogen) atoms. The number of halogens is 1. The molecule has 3 atom stereocenters. The van der Waals surface area contributed by atoms with E-state index in [1.54, 1.807) is 0 Å².